The number of nitrogens with zero attached hydrogens (tertiary/aromatic N) is 1. The molecule has 122 valence electrons. The molecule has 1 aromatic carbocycles. The van der Waals surface area contributed by atoms with Gasteiger partial charge in [-0.3, -0.25) is 9.59 Å². The minimum absolute atomic E-state index is 0.152. The largest absolute Gasteiger partial charge is 0.416 e. The van der Waals surface area contributed by atoms with Gasteiger partial charge in [0.25, 0.3) is 0 Å². The zero-order valence-corrected chi connectivity index (χ0v) is 12.5. The van der Waals surface area contributed by atoms with E-state index in [0.29, 0.717) is 13.1 Å². The summed E-state index contributed by atoms with van der Waals surface area (Å²) in [6.45, 7) is 4.72. The molecular formula is C15H19F3N2O2. The first-order chi connectivity index (χ1) is 10.3. The van der Waals surface area contributed by atoms with E-state index in [9.17, 15) is 22.8 Å². The van der Waals surface area contributed by atoms with Crippen LogP contribution in [0.25, 0.3) is 0 Å². The molecule has 1 N–H and O–H groups in total. The Balaban J connectivity index is 2.73. The van der Waals surface area contributed by atoms with Gasteiger partial charge in [-0.25, -0.2) is 0 Å². The Morgan fingerprint density at radius 3 is 1.95 bits per heavy atom. The third-order valence-corrected chi connectivity index (χ3v) is 2.94. The van der Waals surface area contributed by atoms with Crippen molar-refractivity contribution in [1.29, 1.82) is 0 Å². The Morgan fingerprint density at radius 1 is 1.05 bits per heavy atom. The number of hydrogen-bond donors (Lipinski definition) is 1. The van der Waals surface area contributed by atoms with Crippen molar-refractivity contribution < 1.29 is 22.8 Å². The number of carbonyl (C=O) groups is 2. The molecule has 0 spiro atoms. The van der Waals surface area contributed by atoms with Gasteiger partial charge in [0.1, 0.15) is 0 Å². The highest BCUT2D eigenvalue weighted by molar-refractivity contribution is 6.39. The van der Waals surface area contributed by atoms with Crippen molar-refractivity contribution in [2.45, 2.75) is 32.9 Å². The summed E-state index contributed by atoms with van der Waals surface area (Å²) < 4.78 is 37.3. The predicted octanol–water partition coefficient (Wildman–Crippen LogP) is 3.29. The third kappa shape index (κ3) is 5.05. The number of alkyl halides is 3. The van der Waals surface area contributed by atoms with Gasteiger partial charge in [-0.2, -0.15) is 13.2 Å². The summed E-state index contributed by atoms with van der Waals surface area (Å²) in [7, 11) is 0. The Morgan fingerprint density at radius 2 is 1.55 bits per heavy atom. The molecule has 0 heterocycles. The first-order valence-electron chi connectivity index (χ1n) is 7.07. The molecule has 0 saturated carbocycles. The summed E-state index contributed by atoms with van der Waals surface area (Å²) in [6.07, 6.45) is -2.99. The first kappa shape index (κ1) is 18.0. The van der Waals surface area contributed by atoms with Crippen LogP contribution in [-0.2, 0) is 15.8 Å². The van der Waals surface area contributed by atoms with E-state index >= 15 is 0 Å². The van der Waals surface area contributed by atoms with Crippen molar-refractivity contribution in [3.63, 3.8) is 0 Å². The van der Waals surface area contributed by atoms with Gasteiger partial charge >= 0.3 is 18.0 Å². The highest BCUT2D eigenvalue weighted by Gasteiger charge is 2.30. The minimum Gasteiger partial charge on any atom is -0.334 e. The fourth-order valence-electron chi connectivity index (χ4n) is 1.93. The van der Waals surface area contributed by atoms with Gasteiger partial charge in [0.15, 0.2) is 0 Å². The molecule has 0 unspecified atom stereocenters. The smallest absolute Gasteiger partial charge is 0.334 e. The second-order valence-electron chi connectivity index (χ2n) is 4.82. The average Bonchev–Trinajstić information content (AvgIpc) is 2.46. The number of rotatable bonds is 5. The molecule has 22 heavy (non-hydrogen) atoms. The molecule has 0 aliphatic heterocycles. The molecule has 0 aliphatic rings. The van der Waals surface area contributed by atoms with E-state index < -0.39 is 23.6 Å². The summed E-state index contributed by atoms with van der Waals surface area (Å²) in [6, 6.07) is 3.96. The first-order valence-corrected chi connectivity index (χ1v) is 7.07. The van der Waals surface area contributed by atoms with E-state index in [2.05, 4.69) is 5.32 Å². The number of halogens is 3. The molecule has 0 radical (unpaired) electrons. The lowest BCUT2D eigenvalue weighted by Crippen LogP contribution is -2.40. The SMILES string of the molecule is CCCN(CCC)C(=O)C(=O)Nc1ccc(C(F)(F)F)cc1. The number of benzene rings is 1. The molecule has 0 fully saturated rings. The second kappa shape index (κ2) is 7.82. The summed E-state index contributed by atoms with van der Waals surface area (Å²) >= 11 is 0. The van der Waals surface area contributed by atoms with Crippen molar-refractivity contribution in [1.82, 2.24) is 4.90 Å². The summed E-state index contributed by atoms with van der Waals surface area (Å²) in [5, 5.41) is 2.32. The Bertz CT molecular complexity index is 507. The van der Waals surface area contributed by atoms with Crippen molar-refractivity contribution in [3.8, 4) is 0 Å². The lowest BCUT2D eigenvalue weighted by atomic mass is 10.2. The average molecular weight is 316 g/mol. The molecular weight excluding hydrogens is 297 g/mol. The van der Waals surface area contributed by atoms with Gasteiger partial charge in [0.05, 0.1) is 5.56 Å². The van der Waals surface area contributed by atoms with Crippen molar-refractivity contribution in [3.05, 3.63) is 29.8 Å². The molecule has 1 rings (SSSR count). The zero-order valence-electron chi connectivity index (χ0n) is 12.5. The van der Waals surface area contributed by atoms with Crippen LogP contribution < -0.4 is 5.32 Å². The Labute approximate surface area is 127 Å². The maximum Gasteiger partial charge on any atom is 0.416 e. The quantitative estimate of drug-likeness (QED) is 0.847. The normalized spacial score (nSPS) is 11.1. The van der Waals surface area contributed by atoms with Crippen LogP contribution in [-0.4, -0.2) is 29.8 Å². The van der Waals surface area contributed by atoms with Crippen LogP contribution in [0.3, 0.4) is 0 Å². The van der Waals surface area contributed by atoms with Crippen LogP contribution in [0.15, 0.2) is 24.3 Å². The molecule has 1 aromatic rings. The van der Waals surface area contributed by atoms with Crippen molar-refractivity contribution in [2.75, 3.05) is 18.4 Å². The summed E-state index contributed by atoms with van der Waals surface area (Å²) in [5.74, 6) is -1.52. The summed E-state index contributed by atoms with van der Waals surface area (Å²) in [5.41, 5.74) is -0.658. The van der Waals surface area contributed by atoms with Crippen LogP contribution in [0.1, 0.15) is 32.3 Å². The van der Waals surface area contributed by atoms with Crippen LogP contribution >= 0.6 is 0 Å². The van der Waals surface area contributed by atoms with Gasteiger partial charge < -0.3 is 10.2 Å². The van der Waals surface area contributed by atoms with E-state index in [0.717, 1.165) is 37.1 Å². The van der Waals surface area contributed by atoms with Crippen LogP contribution in [0.4, 0.5) is 18.9 Å². The number of nitrogens with one attached hydrogen (secondary N) is 1. The molecule has 0 aromatic heterocycles. The zero-order chi connectivity index (χ0) is 16.8. The van der Waals surface area contributed by atoms with Crippen molar-refractivity contribution in [2.24, 2.45) is 0 Å². The molecule has 4 nitrogen and oxygen atoms in total. The molecule has 0 atom stereocenters. The fraction of sp³-hybridized carbons (Fsp3) is 0.467. The minimum atomic E-state index is -4.43. The molecule has 7 heteroatoms. The topological polar surface area (TPSA) is 49.4 Å². The second-order valence-corrected chi connectivity index (χ2v) is 4.82. The maximum absolute atomic E-state index is 12.4. The number of amides is 2. The van der Waals surface area contributed by atoms with E-state index in [4.69, 9.17) is 0 Å². The summed E-state index contributed by atoms with van der Waals surface area (Å²) in [4.78, 5) is 25.3. The predicted molar refractivity (Wildman–Crippen MR) is 77.2 cm³/mol. The number of hydrogen-bond acceptors (Lipinski definition) is 2. The van der Waals surface area contributed by atoms with Gasteiger partial charge in [-0.1, -0.05) is 13.8 Å². The van der Waals surface area contributed by atoms with Crippen LogP contribution in [0.5, 0.6) is 0 Å². The fourth-order valence-corrected chi connectivity index (χ4v) is 1.93. The molecule has 0 aliphatic carbocycles. The lowest BCUT2D eigenvalue weighted by Gasteiger charge is -2.20. The third-order valence-electron chi connectivity index (χ3n) is 2.94. The van der Waals surface area contributed by atoms with E-state index in [1.807, 2.05) is 13.8 Å². The van der Waals surface area contributed by atoms with Crippen LogP contribution in [0, 0.1) is 0 Å². The molecule has 2 amide bonds. The van der Waals surface area contributed by atoms with E-state index in [1.165, 1.54) is 4.90 Å². The Kier molecular flexibility index (Phi) is 6.39. The molecule has 0 saturated heterocycles. The van der Waals surface area contributed by atoms with E-state index in [-0.39, 0.29) is 5.69 Å². The highest BCUT2D eigenvalue weighted by Crippen LogP contribution is 2.29. The standard InChI is InChI=1S/C15H19F3N2O2/c1-3-9-20(10-4-2)14(22)13(21)19-12-7-5-11(6-8-12)15(16,17)18/h5-8H,3-4,9-10H2,1-2H3,(H,19,21). The van der Waals surface area contributed by atoms with Gasteiger partial charge in [-0.05, 0) is 37.1 Å². The van der Waals surface area contributed by atoms with Gasteiger partial charge in [0.2, 0.25) is 0 Å². The number of anilines is 1. The lowest BCUT2D eigenvalue weighted by molar-refractivity contribution is -0.143. The molecule has 0 bridgehead atoms. The highest BCUT2D eigenvalue weighted by atomic mass is 19.4. The van der Waals surface area contributed by atoms with Gasteiger partial charge in [0, 0.05) is 18.8 Å². The Hall–Kier alpha value is -2.05. The van der Waals surface area contributed by atoms with Crippen molar-refractivity contribution >= 4 is 17.5 Å². The monoisotopic (exact) mass is 316 g/mol. The maximum atomic E-state index is 12.4. The van der Waals surface area contributed by atoms with Crippen LogP contribution in [0.2, 0.25) is 0 Å². The number of carbonyl (C=O) groups excluding carboxylic acids is 2. The van der Waals surface area contributed by atoms with E-state index in [1.54, 1.807) is 0 Å². The van der Waals surface area contributed by atoms with Gasteiger partial charge in [-0.15, -0.1) is 0 Å².